The lowest BCUT2D eigenvalue weighted by atomic mass is 9.99. The summed E-state index contributed by atoms with van der Waals surface area (Å²) in [6.07, 6.45) is 51.3. The van der Waals surface area contributed by atoms with Gasteiger partial charge in [0.15, 0.2) is 6.29 Å². The number of carbonyl (C=O) groups excluding carboxylic acids is 1. The topological polar surface area (TPSA) is 149 Å². The van der Waals surface area contributed by atoms with Crippen molar-refractivity contribution in [3.63, 3.8) is 0 Å². The van der Waals surface area contributed by atoms with Crippen LogP contribution in [0.2, 0.25) is 0 Å². The second-order valence-corrected chi connectivity index (χ2v) is 17.2. The van der Waals surface area contributed by atoms with Crippen LogP contribution in [0.4, 0.5) is 0 Å². The number of ether oxygens (including phenoxy) is 2. The molecule has 0 saturated carbocycles. The van der Waals surface area contributed by atoms with Crippen LogP contribution in [0.3, 0.4) is 0 Å². The van der Waals surface area contributed by atoms with Gasteiger partial charge >= 0.3 is 0 Å². The lowest BCUT2D eigenvalue weighted by molar-refractivity contribution is -0.302. The predicted octanol–water partition coefficient (Wildman–Crippen LogP) is 11.3. The predicted molar refractivity (Wildman–Crippen MR) is 258 cm³/mol. The zero-order valence-corrected chi connectivity index (χ0v) is 39.4. The van der Waals surface area contributed by atoms with E-state index in [-0.39, 0.29) is 18.9 Å². The molecule has 9 nitrogen and oxygen atoms in total. The van der Waals surface area contributed by atoms with E-state index in [0.29, 0.717) is 6.42 Å². The second-order valence-electron chi connectivity index (χ2n) is 17.2. The van der Waals surface area contributed by atoms with Crippen molar-refractivity contribution < 1.29 is 39.8 Å². The summed E-state index contributed by atoms with van der Waals surface area (Å²) in [6, 6.07) is -0.863. The molecule has 1 saturated heterocycles. The maximum atomic E-state index is 12.9. The number of rotatable bonds is 41. The van der Waals surface area contributed by atoms with E-state index in [1.807, 2.05) is 18.2 Å². The largest absolute Gasteiger partial charge is 0.394 e. The molecule has 0 aromatic heterocycles. The van der Waals surface area contributed by atoms with Crippen molar-refractivity contribution in [1.82, 2.24) is 5.32 Å². The highest BCUT2D eigenvalue weighted by Gasteiger charge is 2.44. The Balaban J connectivity index is 2.31. The maximum Gasteiger partial charge on any atom is 0.220 e. The summed E-state index contributed by atoms with van der Waals surface area (Å²) >= 11 is 0. The second kappa shape index (κ2) is 42.6. The van der Waals surface area contributed by atoms with Gasteiger partial charge in [-0.1, -0.05) is 209 Å². The van der Waals surface area contributed by atoms with Gasteiger partial charge in [-0.05, 0) is 57.8 Å². The molecule has 358 valence electrons. The van der Waals surface area contributed by atoms with Gasteiger partial charge in [0.05, 0.1) is 25.4 Å². The Hall–Kier alpha value is -2.37. The van der Waals surface area contributed by atoms with Crippen molar-refractivity contribution in [2.75, 3.05) is 13.2 Å². The fourth-order valence-corrected chi connectivity index (χ4v) is 7.54. The van der Waals surface area contributed by atoms with Gasteiger partial charge in [-0.25, -0.2) is 0 Å². The number of amides is 1. The molecule has 0 bridgehead atoms. The number of nitrogens with one attached hydrogen (secondary N) is 1. The number of unbranched alkanes of at least 4 members (excludes halogenated alkanes) is 21. The molecule has 0 spiro atoms. The first kappa shape index (κ1) is 57.6. The minimum absolute atomic E-state index is 0.214. The zero-order chi connectivity index (χ0) is 45.1. The Bertz CT molecular complexity index is 1200. The van der Waals surface area contributed by atoms with Crippen LogP contribution < -0.4 is 5.32 Å². The monoisotopic (exact) mass is 872 g/mol. The van der Waals surface area contributed by atoms with Crippen molar-refractivity contribution >= 4 is 5.91 Å². The van der Waals surface area contributed by atoms with E-state index in [0.717, 1.165) is 44.9 Å². The van der Waals surface area contributed by atoms with E-state index in [1.54, 1.807) is 6.08 Å². The van der Waals surface area contributed by atoms with Crippen LogP contribution in [0.5, 0.6) is 0 Å². The summed E-state index contributed by atoms with van der Waals surface area (Å²) in [5.74, 6) is -0.268. The highest BCUT2D eigenvalue weighted by atomic mass is 16.7. The fraction of sp³-hybridized carbons (Fsp3) is 0.755. The summed E-state index contributed by atoms with van der Waals surface area (Å²) in [4.78, 5) is 12.9. The van der Waals surface area contributed by atoms with Crippen LogP contribution in [0.15, 0.2) is 72.9 Å². The molecule has 0 aromatic carbocycles. The van der Waals surface area contributed by atoms with Crippen LogP contribution in [0.1, 0.15) is 200 Å². The van der Waals surface area contributed by atoms with Crippen molar-refractivity contribution in [3.05, 3.63) is 72.9 Å². The highest BCUT2D eigenvalue weighted by Crippen LogP contribution is 2.22. The van der Waals surface area contributed by atoms with Gasteiger partial charge in [-0.2, -0.15) is 0 Å². The van der Waals surface area contributed by atoms with Gasteiger partial charge in [-0.15, -0.1) is 0 Å². The Morgan fingerprint density at radius 3 is 1.53 bits per heavy atom. The van der Waals surface area contributed by atoms with Gasteiger partial charge in [0.25, 0.3) is 0 Å². The molecule has 1 rings (SSSR count). The molecule has 9 heteroatoms. The molecule has 7 atom stereocenters. The van der Waals surface area contributed by atoms with Gasteiger partial charge in [-0.3, -0.25) is 4.79 Å². The minimum Gasteiger partial charge on any atom is -0.394 e. The molecule has 1 amide bonds. The van der Waals surface area contributed by atoms with E-state index in [9.17, 15) is 30.3 Å². The molecule has 62 heavy (non-hydrogen) atoms. The Kier molecular flexibility index (Phi) is 39.6. The first-order valence-electron chi connectivity index (χ1n) is 25.2. The third kappa shape index (κ3) is 32.3. The Morgan fingerprint density at radius 2 is 1.02 bits per heavy atom. The zero-order valence-electron chi connectivity index (χ0n) is 39.4. The highest BCUT2D eigenvalue weighted by molar-refractivity contribution is 5.76. The summed E-state index contributed by atoms with van der Waals surface area (Å²) in [5, 5.41) is 54.1. The molecule has 1 heterocycles. The standard InChI is InChI=1S/C53H93NO8/c1-3-5-7-9-11-13-15-17-18-19-20-21-22-23-24-25-26-27-28-29-31-32-34-36-38-40-42-47(56)46(45-61-53-52(60)51(59)50(58)48(44-55)62-53)54-49(57)43-41-39-37-35-33-30-16-14-12-10-8-6-4-2/h6,8,12,14,30,32-34,37,39-40,42,46-48,50-53,55-56,58-60H,3-5,7,9-11,13,15-29,31,35-36,38,41,43-45H2,1-2H3,(H,54,57)/b8-6-,14-12-,33-30-,34-32+,39-37-,42-40+. The quantitative estimate of drug-likeness (QED) is 0.0263. The van der Waals surface area contributed by atoms with Crippen LogP contribution in [0, 0.1) is 0 Å². The molecular weight excluding hydrogens is 779 g/mol. The van der Waals surface area contributed by atoms with Gasteiger partial charge < -0.3 is 40.3 Å². The van der Waals surface area contributed by atoms with E-state index in [4.69, 9.17) is 9.47 Å². The molecule has 7 unspecified atom stereocenters. The van der Waals surface area contributed by atoms with E-state index >= 15 is 0 Å². The number of hydrogen-bond donors (Lipinski definition) is 6. The Labute approximate surface area is 378 Å². The smallest absolute Gasteiger partial charge is 0.220 e. The number of allylic oxidation sites excluding steroid dienone is 11. The van der Waals surface area contributed by atoms with E-state index in [2.05, 4.69) is 67.8 Å². The molecule has 0 aromatic rings. The third-order valence-corrected chi connectivity index (χ3v) is 11.5. The number of aliphatic hydroxyl groups excluding tert-OH is 5. The molecule has 6 N–H and O–H groups in total. The molecule has 1 fully saturated rings. The normalized spacial score (nSPS) is 20.9. The number of carbonyl (C=O) groups is 1. The lowest BCUT2D eigenvalue weighted by Crippen LogP contribution is -2.60. The molecule has 1 aliphatic heterocycles. The summed E-state index contributed by atoms with van der Waals surface area (Å²) in [6.45, 7) is 3.59. The maximum absolute atomic E-state index is 12.9. The van der Waals surface area contributed by atoms with Crippen LogP contribution >= 0.6 is 0 Å². The summed E-state index contributed by atoms with van der Waals surface area (Å²) < 4.78 is 11.2. The van der Waals surface area contributed by atoms with Crippen LogP contribution in [-0.2, 0) is 14.3 Å². The molecule has 0 aliphatic carbocycles. The molecule has 1 aliphatic rings. The van der Waals surface area contributed by atoms with Crippen molar-refractivity contribution in [1.29, 1.82) is 0 Å². The summed E-state index contributed by atoms with van der Waals surface area (Å²) in [7, 11) is 0. The van der Waals surface area contributed by atoms with Crippen molar-refractivity contribution in [3.8, 4) is 0 Å². The van der Waals surface area contributed by atoms with E-state index in [1.165, 1.54) is 128 Å². The van der Waals surface area contributed by atoms with Gasteiger partial charge in [0.1, 0.15) is 24.4 Å². The van der Waals surface area contributed by atoms with Crippen LogP contribution in [0.25, 0.3) is 0 Å². The average molecular weight is 872 g/mol. The first-order valence-corrected chi connectivity index (χ1v) is 25.2. The molecular formula is C53H93NO8. The first-order chi connectivity index (χ1) is 30.3. The number of aliphatic hydroxyl groups is 5. The molecule has 0 radical (unpaired) electrons. The van der Waals surface area contributed by atoms with Gasteiger partial charge in [0.2, 0.25) is 5.91 Å². The lowest BCUT2D eigenvalue weighted by Gasteiger charge is -2.40. The van der Waals surface area contributed by atoms with Crippen LogP contribution in [-0.4, -0.2) is 87.5 Å². The van der Waals surface area contributed by atoms with Crippen molar-refractivity contribution in [2.24, 2.45) is 0 Å². The SMILES string of the molecule is CC/C=C\C/C=C\C/C=C\C/C=C\CCC(=O)NC(COC1OC(CO)C(O)C(O)C1O)C(O)/C=C/CC/C=C/CCCCCCCCCCCCCCCCCCCCCC. The Morgan fingerprint density at radius 1 is 0.565 bits per heavy atom. The summed E-state index contributed by atoms with van der Waals surface area (Å²) in [5.41, 5.74) is 0. The minimum atomic E-state index is -1.59. The fourth-order valence-electron chi connectivity index (χ4n) is 7.54. The van der Waals surface area contributed by atoms with E-state index < -0.39 is 49.5 Å². The third-order valence-electron chi connectivity index (χ3n) is 11.5. The van der Waals surface area contributed by atoms with Gasteiger partial charge in [0, 0.05) is 6.42 Å². The van der Waals surface area contributed by atoms with Crippen molar-refractivity contribution in [2.45, 2.75) is 243 Å². The average Bonchev–Trinajstić information content (AvgIpc) is 3.27. The number of hydrogen-bond acceptors (Lipinski definition) is 8.